The topological polar surface area (TPSA) is 35.5 Å². The lowest BCUT2D eigenvalue weighted by atomic mass is 9.61. The summed E-state index contributed by atoms with van der Waals surface area (Å²) in [6, 6.07) is 0. The van der Waals surface area contributed by atoms with Crippen LogP contribution in [0.15, 0.2) is 0 Å². The number of fused-ring (bicyclic) bond motifs is 6. The van der Waals surface area contributed by atoms with Crippen molar-refractivity contribution >= 4 is 5.97 Å². The van der Waals surface area contributed by atoms with E-state index in [0.717, 1.165) is 0 Å². The molecule has 0 saturated heterocycles. The minimum Gasteiger partial charge on any atom is -0.438 e. The van der Waals surface area contributed by atoms with Crippen molar-refractivity contribution in [2.75, 3.05) is 13.9 Å². The second-order valence-corrected chi connectivity index (χ2v) is 5.50. The lowest BCUT2D eigenvalue weighted by molar-refractivity contribution is -0.170. The van der Waals surface area contributed by atoms with E-state index in [9.17, 15) is 4.79 Å². The number of ether oxygens (including phenoxy) is 2. The van der Waals surface area contributed by atoms with Gasteiger partial charge in [-0.15, -0.1) is 0 Å². The van der Waals surface area contributed by atoms with Crippen molar-refractivity contribution in [3.05, 3.63) is 0 Å². The molecule has 3 aliphatic carbocycles. The molecule has 0 aromatic rings. The Kier molecular flexibility index (Phi) is 4.84. The summed E-state index contributed by atoms with van der Waals surface area (Å²) in [5.74, 6) is 1.32. The molecule has 3 saturated carbocycles. The molecule has 2 bridgehead atoms. The van der Waals surface area contributed by atoms with E-state index < -0.39 is 0 Å². The van der Waals surface area contributed by atoms with Crippen LogP contribution in [0.2, 0.25) is 0 Å². The number of rotatable bonds is 3. The quantitative estimate of drug-likeness (QED) is 0.561. The Balaban J connectivity index is 1.88. The zero-order chi connectivity index (χ0) is 12.1. The largest absolute Gasteiger partial charge is 0.438 e. The molecule has 0 aromatic carbocycles. The summed E-state index contributed by atoms with van der Waals surface area (Å²) in [5, 5.41) is 0. The van der Waals surface area contributed by atoms with Crippen LogP contribution in [0.3, 0.4) is 0 Å². The molecule has 3 nitrogen and oxygen atoms in total. The van der Waals surface area contributed by atoms with Crippen LogP contribution in [0.25, 0.3) is 0 Å². The second kappa shape index (κ2) is 6.39. The molecule has 0 aliphatic heterocycles. The third-order valence-electron chi connectivity index (χ3n) is 4.36. The zero-order valence-corrected chi connectivity index (χ0v) is 10.8. The van der Waals surface area contributed by atoms with Crippen molar-refractivity contribution in [1.82, 2.24) is 0 Å². The fourth-order valence-corrected chi connectivity index (χ4v) is 3.41. The Morgan fingerprint density at radius 2 is 1.65 bits per heavy atom. The van der Waals surface area contributed by atoms with Gasteiger partial charge in [0.1, 0.15) is 0 Å². The standard InChI is InChI=1S/C14H24O3/c1-16-10-17-14(15)13-11-7-5-3-2-4-6-8-12(13)9-11/h11-13H,2-10H2,1H3. The molecule has 0 spiro atoms. The summed E-state index contributed by atoms with van der Waals surface area (Å²) in [6.07, 6.45) is 10.3. The SMILES string of the molecule is COCOC(=O)C1C2CCCCCCCC1C2. The molecule has 0 radical (unpaired) electrons. The van der Waals surface area contributed by atoms with E-state index in [1.807, 2.05) is 0 Å². The molecule has 3 fully saturated rings. The second-order valence-electron chi connectivity index (χ2n) is 5.50. The molecule has 3 heteroatoms. The van der Waals surface area contributed by atoms with Crippen molar-refractivity contribution in [2.24, 2.45) is 17.8 Å². The molecule has 98 valence electrons. The fourth-order valence-electron chi connectivity index (χ4n) is 3.41. The highest BCUT2D eigenvalue weighted by Gasteiger charge is 2.45. The van der Waals surface area contributed by atoms with E-state index in [1.165, 1.54) is 51.4 Å². The van der Waals surface area contributed by atoms with Gasteiger partial charge in [-0.05, 0) is 31.1 Å². The number of methoxy groups -OCH3 is 1. The molecule has 0 heterocycles. The van der Waals surface area contributed by atoms with Crippen molar-refractivity contribution < 1.29 is 14.3 Å². The van der Waals surface area contributed by atoms with Crippen LogP contribution in [0.5, 0.6) is 0 Å². The number of hydrogen-bond acceptors (Lipinski definition) is 3. The van der Waals surface area contributed by atoms with Crippen LogP contribution >= 0.6 is 0 Å². The first-order valence-corrected chi connectivity index (χ1v) is 6.98. The van der Waals surface area contributed by atoms with Crippen LogP contribution in [0.1, 0.15) is 51.4 Å². The van der Waals surface area contributed by atoms with E-state index in [0.29, 0.717) is 11.8 Å². The van der Waals surface area contributed by atoms with Crippen LogP contribution in [0, 0.1) is 17.8 Å². The lowest BCUT2D eigenvalue weighted by Crippen LogP contribution is -2.43. The van der Waals surface area contributed by atoms with Gasteiger partial charge in [-0.1, -0.05) is 32.1 Å². The van der Waals surface area contributed by atoms with E-state index in [2.05, 4.69) is 0 Å². The average molecular weight is 240 g/mol. The minimum absolute atomic E-state index is 0.0197. The molecule has 3 rings (SSSR count). The summed E-state index contributed by atoms with van der Waals surface area (Å²) in [7, 11) is 1.56. The maximum atomic E-state index is 12.0. The van der Waals surface area contributed by atoms with Crippen molar-refractivity contribution in [3.63, 3.8) is 0 Å². The number of esters is 1. The molecule has 17 heavy (non-hydrogen) atoms. The maximum Gasteiger partial charge on any atom is 0.311 e. The van der Waals surface area contributed by atoms with Crippen LogP contribution in [-0.4, -0.2) is 19.9 Å². The molecule has 0 N–H and O–H groups in total. The third kappa shape index (κ3) is 3.21. The molecule has 3 aliphatic rings. The highest BCUT2D eigenvalue weighted by atomic mass is 16.7. The Labute approximate surface area is 104 Å². The van der Waals surface area contributed by atoms with Crippen LogP contribution < -0.4 is 0 Å². The summed E-state index contributed by atoms with van der Waals surface area (Å²) in [6.45, 7) is 0.106. The monoisotopic (exact) mass is 240 g/mol. The first kappa shape index (κ1) is 12.9. The third-order valence-corrected chi connectivity index (χ3v) is 4.36. The highest BCUT2D eigenvalue weighted by Crippen LogP contribution is 2.47. The average Bonchev–Trinajstić information content (AvgIpc) is 2.33. The van der Waals surface area contributed by atoms with Gasteiger partial charge < -0.3 is 9.47 Å². The number of carbonyl (C=O) groups excluding carboxylic acids is 1. The normalized spacial score (nSPS) is 33.6. The van der Waals surface area contributed by atoms with E-state index in [4.69, 9.17) is 9.47 Å². The van der Waals surface area contributed by atoms with Crippen LogP contribution in [0.4, 0.5) is 0 Å². The molecule has 2 atom stereocenters. The number of carbonyl (C=O) groups is 1. The Morgan fingerprint density at radius 1 is 1.06 bits per heavy atom. The van der Waals surface area contributed by atoms with Gasteiger partial charge in [0.25, 0.3) is 0 Å². The molecule has 0 aromatic heterocycles. The summed E-state index contributed by atoms with van der Waals surface area (Å²) < 4.78 is 9.95. The van der Waals surface area contributed by atoms with E-state index in [1.54, 1.807) is 7.11 Å². The van der Waals surface area contributed by atoms with Crippen molar-refractivity contribution in [2.45, 2.75) is 51.4 Å². The van der Waals surface area contributed by atoms with Gasteiger partial charge in [0.15, 0.2) is 6.79 Å². The van der Waals surface area contributed by atoms with Gasteiger partial charge in [-0.25, -0.2) is 0 Å². The van der Waals surface area contributed by atoms with Gasteiger partial charge in [-0.2, -0.15) is 0 Å². The molecular formula is C14H24O3. The molecule has 0 amide bonds. The molecule has 2 unspecified atom stereocenters. The van der Waals surface area contributed by atoms with Gasteiger partial charge >= 0.3 is 5.97 Å². The van der Waals surface area contributed by atoms with Crippen molar-refractivity contribution in [3.8, 4) is 0 Å². The smallest absolute Gasteiger partial charge is 0.311 e. The van der Waals surface area contributed by atoms with Gasteiger partial charge in [0.2, 0.25) is 0 Å². The lowest BCUT2D eigenvalue weighted by Gasteiger charge is -2.44. The van der Waals surface area contributed by atoms with E-state index >= 15 is 0 Å². The van der Waals surface area contributed by atoms with Gasteiger partial charge in [0, 0.05) is 7.11 Å². The Bertz CT molecular complexity index is 234. The maximum absolute atomic E-state index is 12.0. The summed E-state index contributed by atoms with van der Waals surface area (Å²) in [4.78, 5) is 12.0. The predicted molar refractivity (Wildman–Crippen MR) is 65.4 cm³/mol. The Hall–Kier alpha value is -0.570. The minimum atomic E-state index is -0.0197. The molecular weight excluding hydrogens is 216 g/mol. The summed E-state index contributed by atoms with van der Waals surface area (Å²) in [5.41, 5.74) is 0. The van der Waals surface area contributed by atoms with Gasteiger partial charge in [-0.3, -0.25) is 4.79 Å². The van der Waals surface area contributed by atoms with Crippen LogP contribution in [-0.2, 0) is 14.3 Å². The first-order valence-electron chi connectivity index (χ1n) is 6.98. The fraction of sp³-hybridized carbons (Fsp3) is 0.929. The predicted octanol–water partition coefficient (Wildman–Crippen LogP) is 3.13. The summed E-state index contributed by atoms with van der Waals surface area (Å²) >= 11 is 0. The highest BCUT2D eigenvalue weighted by molar-refractivity contribution is 5.74. The van der Waals surface area contributed by atoms with E-state index in [-0.39, 0.29) is 18.7 Å². The first-order chi connectivity index (χ1) is 8.33. The zero-order valence-electron chi connectivity index (χ0n) is 10.8. The number of hydrogen-bond donors (Lipinski definition) is 0. The Morgan fingerprint density at radius 3 is 2.24 bits per heavy atom. The van der Waals surface area contributed by atoms with Crippen molar-refractivity contribution in [1.29, 1.82) is 0 Å². The van der Waals surface area contributed by atoms with Gasteiger partial charge in [0.05, 0.1) is 5.92 Å².